The van der Waals surface area contributed by atoms with Crippen molar-refractivity contribution in [2.24, 2.45) is 5.92 Å². The third-order valence-corrected chi connectivity index (χ3v) is 4.06. The Hall–Kier alpha value is -1.35. The zero-order valence-electron chi connectivity index (χ0n) is 12.5. The highest BCUT2D eigenvalue weighted by Crippen LogP contribution is 2.17. The smallest absolute Gasteiger partial charge is 0.222 e. The normalized spacial score (nSPS) is 19.1. The van der Waals surface area contributed by atoms with Crippen molar-refractivity contribution in [3.8, 4) is 0 Å². The third kappa shape index (κ3) is 4.64. The number of piperidine rings is 1. The van der Waals surface area contributed by atoms with Crippen LogP contribution in [0, 0.1) is 5.92 Å². The maximum Gasteiger partial charge on any atom is 0.222 e. The third-order valence-electron chi connectivity index (χ3n) is 4.06. The van der Waals surface area contributed by atoms with Crippen molar-refractivity contribution in [3.05, 3.63) is 35.9 Å². The zero-order chi connectivity index (χ0) is 14.2. The molecular formula is C17H26N2O. The Morgan fingerprint density at radius 1 is 1.35 bits per heavy atom. The SMILES string of the molecule is CNCC1CCCN(C(=O)CCCc2ccccc2)C1. The first-order valence-electron chi connectivity index (χ1n) is 7.76. The van der Waals surface area contributed by atoms with E-state index >= 15 is 0 Å². The molecule has 110 valence electrons. The standard InChI is InChI=1S/C17H26N2O/c1-18-13-16-10-6-12-19(14-16)17(20)11-5-9-15-7-3-2-4-8-15/h2-4,7-8,16,18H,5-6,9-14H2,1H3. The highest BCUT2D eigenvalue weighted by atomic mass is 16.2. The van der Waals surface area contributed by atoms with Gasteiger partial charge in [-0.25, -0.2) is 0 Å². The van der Waals surface area contributed by atoms with E-state index < -0.39 is 0 Å². The van der Waals surface area contributed by atoms with Gasteiger partial charge < -0.3 is 10.2 Å². The summed E-state index contributed by atoms with van der Waals surface area (Å²) in [5, 5.41) is 3.22. The summed E-state index contributed by atoms with van der Waals surface area (Å²) in [5.41, 5.74) is 1.33. The van der Waals surface area contributed by atoms with Gasteiger partial charge in [0, 0.05) is 19.5 Å². The molecule has 1 aliphatic heterocycles. The van der Waals surface area contributed by atoms with Crippen LogP contribution < -0.4 is 5.32 Å². The van der Waals surface area contributed by atoms with Gasteiger partial charge in [-0.1, -0.05) is 30.3 Å². The molecule has 0 aliphatic carbocycles. The van der Waals surface area contributed by atoms with Crippen molar-refractivity contribution in [3.63, 3.8) is 0 Å². The number of nitrogens with one attached hydrogen (secondary N) is 1. The number of carbonyl (C=O) groups is 1. The lowest BCUT2D eigenvalue weighted by atomic mass is 9.97. The number of nitrogens with zero attached hydrogens (tertiary/aromatic N) is 1. The van der Waals surface area contributed by atoms with E-state index in [0.717, 1.165) is 38.9 Å². The molecule has 0 saturated carbocycles. The van der Waals surface area contributed by atoms with Crippen LogP contribution in [0.5, 0.6) is 0 Å². The summed E-state index contributed by atoms with van der Waals surface area (Å²) in [6.07, 6.45) is 5.03. The quantitative estimate of drug-likeness (QED) is 0.864. The summed E-state index contributed by atoms with van der Waals surface area (Å²) in [7, 11) is 1.99. The largest absolute Gasteiger partial charge is 0.342 e. The number of likely N-dealkylation sites (tertiary alicyclic amines) is 1. The van der Waals surface area contributed by atoms with Gasteiger partial charge >= 0.3 is 0 Å². The van der Waals surface area contributed by atoms with Crippen molar-refractivity contribution < 1.29 is 4.79 Å². The topological polar surface area (TPSA) is 32.3 Å². The Bertz CT molecular complexity index is 403. The van der Waals surface area contributed by atoms with E-state index in [1.165, 1.54) is 12.0 Å². The average Bonchev–Trinajstić information content (AvgIpc) is 2.49. The second kappa shape index (κ2) is 8.05. The fourth-order valence-corrected chi connectivity index (χ4v) is 2.99. The molecule has 0 aromatic heterocycles. The summed E-state index contributed by atoms with van der Waals surface area (Å²) in [4.78, 5) is 14.3. The maximum atomic E-state index is 12.2. The van der Waals surface area contributed by atoms with Gasteiger partial charge in [0.25, 0.3) is 0 Å². The molecule has 1 unspecified atom stereocenters. The minimum Gasteiger partial charge on any atom is -0.342 e. The molecule has 1 heterocycles. The zero-order valence-corrected chi connectivity index (χ0v) is 12.5. The lowest BCUT2D eigenvalue weighted by molar-refractivity contribution is -0.133. The molecule has 2 rings (SSSR count). The van der Waals surface area contributed by atoms with E-state index in [4.69, 9.17) is 0 Å². The molecule has 1 atom stereocenters. The van der Waals surface area contributed by atoms with Crippen molar-refractivity contribution in [2.45, 2.75) is 32.1 Å². The van der Waals surface area contributed by atoms with E-state index in [0.29, 0.717) is 18.2 Å². The maximum absolute atomic E-state index is 12.2. The molecule has 0 spiro atoms. The lowest BCUT2D eigenvalue weighted by Crippen LogP contribution is -2.42. The number of rotatable bonds is 6. The number of hydrogen-bond acceptors (Lipinski definition) is 2. The predicted molar refractivity (Wildman–Crippen MR) is 82.6 cm³/mol. The highest BCUT2D eigenvalue weighted by Gasteiger charge is 2.22. The summed E-state index contributed by atoms with van der Waals surface area (Å²) < 4.78 is 0. The number of carbonyl (C=O) groups excluding carboxylic acids is 1. The summed E-state index contributed by atoms with van der Waals surface area (Å²) in [5.74, 6) is 0.966. The molecule has 3 heteroatoms. The van der Waals surface area contributed by atoms with Crippen LogP contribution >= 0.6 is 0 Å². The number of amides is 1. The van der Waals surface area contributed by atoms with Gasteiger partial charge in [-0.05, 0) is 50.8 Å². The Balaban J connectivity index is 1.71. The number of hydrogen-bond donors (Lipinski definition) is 1. The van der Waals surface area contributed by atoms with Gasteiger partial charge in [0.05, 0.1) is 0 Å². The predicted octanol–water partition coefficient (Wildman–Crippen LogP) is 2.47. The first-order valence-corrected chi connectivity index (χ1v) is 7.76. The Morgan fingerprint density at radius 2 is 2.15 bits per heavy atom. The highest BCUT2D eigenvalue weighted by molar-refractivity contribution is 5.76. The van der Waals surface area contributed by atoms with Crippen molar-refractivity contribution in [2.75, 3.05) is 26.7 Å². The van der Waals surface area contributed by atoms with E-state index in [-0.39, 0.29) is 0 Å². The van der Waals surface area contributed by atoms with E-state index in [9.17, 15) is 4.79 Å². The van der Waals surface area contributed by atoms with Crippen LogP contribution in [0.2, 0.25) is 0 Å². The number of aryl methyl sites for hydroxylation is 1. The second-order valence-electron chi connectivity index (χ2n) is 5.74. The van der Waals surface area contributed by atoms with E-state index in [1.54, 1.807) is 0 Å². The molecule has 0 bridgehead atoms. The van der Waals surface area contributed by atoms with Crippen molar-refractivity contribution in [1.29, 1.82) is 0 Å². The molecule has 1 aliphatic rings. The molecule has 1 amide bonds. The summed E-state index contributed by atoms with van der Waals surface area (Å²) in [6.45, 7) is 2.91. The van der Waals surface area contributed by atoms with Crippen LogP contribution in [-0.2, 0) is 11.2 Å². The van der Waals surface area contributed by atoms with Gasteiger partial charge in [0.1, 0.15) is 0 Å². The molecule has 1 N–H and O–H groups in total. The Morgan fingerprint density at radius 3 is 2.90 bits per heavy atom. The molecular weight excluding hydrogens is 248 g/mol. The second-order valence-corrected chi connectivity index (χ2v) is 5.74. The fourth-order valence-electron chi connectivity index (χ4n) is 2.99. The molecule has 20 heavy (non-hydrogen) atoms. The van der Waals surface area contributed by atoms with Crippen LogP contribution in [-0.4, -0.2) is 37.5 Å². The molecule has 0 radical (unpaired) electrons. The van der Waals surface area contributed by atoms with Crippen molar-refractivity contribution >= 4 is 5.91 Å². The van der Waals surface area contributed by atoms with E-state index in [2.05, 4.69) is 34.5 Å². The first-order chi connectivity index (χ1) is 9.79. The minimum absolute atomic E-state index is 0.335. The monoisotopic (exact) mass is 274 g/mol. The average molecular weight is 274 g/mol. The lowest BCUT2D eigenvalue weighted by Gasteiger charge is -2.32. The van der Waals surface area contributed by atoms with Crippen LogP contribution in [0.25, 0.3) is 0 Å². The van der Waals surface area contributed by atoms with Crippen LogP contribution in [0.15, 0.2) is 30.3 Å². The molecule has 1 fully saturated rings. The van der Waals surface area contributed by atoms with Crippen LogP contribution in [0.4, 0.5) is 0 Å². The molecule has 1 aromatic carbocycles. The van der Waals surface area contributed by atoms with E-state index in [1.807, 2.05) is 13.1 Å². The van der Waals surface area contributed by atoms with Gasteiger partial charge in [-0.15, -0.1) is 0 Å². The van der Waals surface area contributed by atoms with Gasteiger partial charge in [0.2, 0.25) is 5.91 Å². The van der Waals surface area contributed by atoms with Crippen LogP contribution in [0.3, 0.4) is 0 Å². The minimum atomic E-state index is 0.335. The Kier molecular flexibility index (Phi) is 6.06. The van der Waals surface area contributed by atoms with Gasteiger partial charge in [-0.2, -0.15) is 0 Å². The molecule has 3 nitrogen and oxygen atoms in total. The van der Waals surface area contributed by atoms with Crippen LogP contribution in [0.1, 0.15) is 31.2 Å². The fraction of sp³-hybridized carbons (Fsp3) is 0.588. The number of benzene rings is 1. The van der Waals surface area contributed by atoms with Gasteiger partial charge in [0.15, 0.2) is 0 Å². The summed E-state index contributed by atoms with van der Waals surface area (Å²) in [6, 6.07) is 10.4. The molecule has 1 aromatic rings. The van der Waals surface area contributed by atoms with Crippen molar-refractivity contribution in [1.82, 2.24) is 10.2 Å². The molecule has 1 saturated heterocycles. The summed E-state index contributed by atoms with van der Waals surface area (Å²) >= 11 is 0. The first kappa shape index (κ1) is 15.0. The Labute approximate surface area is 122 Å². The van der Waals surface area contributed by atoms with Gasteiger partial charge in [-0.3, -0.25) is 4.79 Å².